The van der Waals surface area contributed by atoms with Crippen molar-refractivity contribution in [1.82, 2.24) is 10.2 Å². The van der Waals surface area contributed by atoms with Crippen LogP contribution in [0, 0.1) is 17.8 Å². The number of benzene rings is 2. The molecule has 4 unspecified atom stereocenters. The quantitative estimate of drug-likeness (QED) is 0.651. The zero-order chi connectivity index (χ0) is 23.8. The van der Waals surface area contributed by atoms with Gasteiger partial charge in [0, 0.05) is 25.6 Å². The zero-order valence-electron chi connectivity index (χ0n) is 19.3. The van der Waals surface area contributed by atoms with Crippen LogP contribution in [0.2, 0.25) is 0 Å². The number of nitrogens with zero attached hydrogens (tertiary/aromatic N) is 1. The Balaban J connectivity index is 1.25. The van der Waals surface area contributed by atoms with E-state index in [9.17, 15) is 14.4 Å². The van der Waals surface area contributed by atoms with Crippen molar-refractivity contribution in [3.8, 4) is 11.1 Å². The van der Waals surface area contributed by atoms with Crippen LogP contribution >= 0.6 is 0 Å². The van der Waals surface area contributed by atoms with Gasteiger partial charge in [0.1, 0.15) is 6.61 Å². The lowest BCUT2D eigenvalue weighted by molar-refractivity contribution is -0.140. The van der Waals surface area contributed by atoms with E-state index in [0.717, 1.165) is 30.4 Å². The number of amides is 2. The van der Waals surface area contributed by atoms with Crippen LogP contribution in [0.3, 0.4) is 0 Å². The minimum atomic E-state index is -0.930. The van der Waals surface area contributed by atoms with Crippen LogP contribution in [0.1, 0.15) is 42.7 Å². The molecule has 34 heavy (non-hydrogen) atoms. The van der Waals surface area contributed by atoms with E-state index >= 15 is 0 Å². The monoisotopic (exact) mass is 462 g/mol. The molecule has 0 aliphatic heterocycles. The first-order valence-corrected chi connectivity index (χ1v) is 12.0. The molecule has 3 aliphatic rings. The van der Waals surface area contributed by atoms with Crippen LogP contribution in [0.15, 0.2) is 48.5 Å². The fourth-order valence-corrected chi connectivity index (χ4v) is 6.26. The number of carboxylic acids is 1. The van der Waals surface area contributed by atoms with Gasteiger partial charge in [0.25, 0.3) is 0 Å². The molecule has 2 saturated carbocycles. The van der Waals surface area contributed by atoms with Gasteiger partial charge in [0.05, 0.1) is 12.3 Å². The Hall–Kier alpha value is -3.35. The molecule has 2 aromatic rings. The molecule has 7 nitrogen and oxygen atoms in total. The van der Waals surface area contributed by atoms with Gasteiger partial charge in [-0.1, -0.05) is 48.5 Å². The predicted octanol–water partition coefficient (Wildman–Crippen LogP) is 3.87. The van der Waals surface area contributed by atoms with E-state index in [2.05, 4.69) is 29.6 Å². The van der Waals surface area contributed by atoms with Gasteiger partial charge in [-0.05, 0) is 53.4 Å². The molecule has 3 aliphatic carbocycles. The minimum Gasteiger partial charge on any atom is -0.481 e. The summed E-state index contributed by atoms with van der Waals surface area (Å²) in [5.74, 6) is -0.870. The lowest BCUT2D eigenvalue weighted by atomic mass is 9.83. The summed E-state index contributed by atoms with van der Waals surface area (Å²) in [7, 11) is 1.64. The van der Waals surface area contributed by atoms with Crippen molar-refractivity contribution < 1.29 is 24.2 Å². The van der Waals surface area contributed by atoms with Gasteiger partial charge < -0.3 is 20.1 Å². The third kappa shape index (κ3) is 4.04. The standard InChI is InChI=1S/C27H30N2O5/c1-29(13-12-23(30)31)26(32)24-16-10-11-17(14-16)25(24)28-27(33)34-15-22-20-8-4-2-6-18(20)19-7-3-5-9-21(19)22/h2-9,16-17,22,24-25H,10-15H2,1H3,(H,28,33)(H,30,31). The Kier molecular flexibility index (Phi) is 6.02. The number of ether oxygens (including phenoxy) is 1. The molecule has 4 atom stereocenters. The second-order valence-electron chi connectivity index (χ2n) is 9.76. The average Bonchev–Trinajstić information content (AvgIpc) is 3.53. The molecule has 0 radical (unpaired) electrons. The van der Waals surface area contributed by atoms with Crippen LogP contribution in [-0.2, 0) is 14.3 Å². The first-order chi connectivity index (χ1) is 16.4. The van der Waals surface area contributed by atoms with E-state index in [0.29, 0.717) is 0 Å². The van der Waals surface area contributed by atoms with Crippen molar-refractivity contribution in [3.63, 3.8) is 0 Å². The molecule has 0 saturated heterocycles. The second-order valence-corrected chi connectivity index (χ2v) is 9.76. The smallest absolute Gasteiger partial charge is 0.407 e. The average molecular weight is 463 g/mol. The van der Waals surface area contributed by atoms with Crippen LogP contribution in [0.4, 0.5) is 4.79 Å². The molecule has 5 rings (SSSR count). The van der Waals surface area contributed by atoms with E-state index in [1.54, 1.807) is 7.05 Å². The molecule has 0 heterocycles. The van der Waals surface area contributed by atoms with Crippen LogP contribution in [0.5, 0.6) is 0 Å². The second kappa shape index (κ2) is 9.12. The highest BCUT2D eigenvalue weighted by Gasteiger charge is 2.52. The number of hydrogen-bond acceptors (Lipinski definition) is 4. The topological polar surface area (TPSA) is 95.9 Å². The maximum absolute atomic E-state index is 13.1. The van der Waals surface area contributed by atoms with Gasteiger partial charge >= 0.3 is 12.1 Å². The van der Waals surface area contributed by atoms with E-state index in [-0.39, 0.29) is 55.2 Å². The highest BCUT2D eigenvalue weighted by Crippen LogP contribution is 2.49. The number of alkyl carbamates (subject to hydrolysis) is 1. The summed E-state index contributed by atoms with van der Waals surface area (Å²) in [5.41, 5.74) is 4.67. The van der Waals surface area contributed by atoms with Gasteiger partial charge in [-0.25, -0.2) is 4.79 Å². The van der Waals surface area contributed by atoms with Gasteiger partial charge in [0.2, 0.25) is 5.91 Å². The Morgan fingerprint density at radius 2 is 1.62 bits per heavy atom. The lowest BCUT2D eigenvalue weighted by Crippen LogP contribution is -2.50. The number of aliphatic carboxylic acids is 1. The number of rotatable bonds is 7. The zero-order valence-corrected chi connectivity index (χ0v) is 19.3. The highest BCUT2D eigenvalue weighted by molar-refractivity contribution is 5.82. The Labute approximate surface area is 199 Å². The minimum absolute atomic E-state index is 0.0160. The molecule has 2 fully saturated rings. The van der Waals surface area contributed by atoms with Gasteiger partial charge in [-0.3, -0.25) is 9.59 Å². The van der Waals surface area contributed by atoms with Gasteiger partial charge in [0.15, 0.2) is 0 Å². The highest BCUT2D eigenvalue weighted by atomic mass is 16.5. The molecule has 2 N–H and O–H groups in total. The molecule has 2 amide bonds. The molecule has 2 bridgehead atoms. The summed E-state index contributed by atoms with van der Waals surface area (Å²) < 4.78 is 5.72. The summed E-state index contributed by atoms with van der Waals surface area (Å²) in [6.45, 7) is 0.400. The largest absolute Gasteiger partial charge is 0.481 e. The number of carbonyl (C=O) groups excluding carboxylic acids is 2. The number of carbonyl (C=O) groups is 3. The SMILES string of the molecule is CN(CCC(=O)O)C(=O)C1C2CCC(C2)C1NC(=O)OCC1c2ccccc2-c2ccccc21. The summed E-state index contributed by atoms with van der Waals surface area (Å²) in [6.07, 6.45) is 2.29. The molecule has 178 valence electrons. The van der Waals surface area contributed by atoms with Crippen molar-refractivity contribution in [2.75, 3.05) is 20.2 Å². The van der Waals surface area contributed by atoms with Crippen molar-refractivity contribution in [3.05, 3.63) is 59.7 Å². The number of fused-ring (bicyclic) bond motifs is 5. The summed E-state index contributed by atoms with van der Waals surface area (Å²) in [5, 5.41) is 12.0. The number of hydrogen-bond donors (Lipinski definition) is 2. The Morgan fingerprint density at radius 1 is 1.00 bits per heavy atom. The van der Waals surface area contributed by atoms with Crippen molar-refractivity contribution in [2.24, 2.45) is 17.8 Å². The van der Waals surface area contributed by atoms with Crippen LogP contribution in [0.25, 0.3) is 11.1 Å². The van der Waals surface area contributed by atoms with Gasteiger partial charge in [-0.15, -0.1) is 0 Å². The third-order valence-electron chi connectivity index (χ3n) is 7.87. The van der Waals surface area contributed by atoms with E-state index in [1.807, 2.05) is 24.3 Å². The predicted molar refractivity (Wildman–Crippen MR) is 126 cm³/mol. The van der Waals surface area contributed by atoms with Crippen molar-refractivity contribution >= 4 is 18.0 Å². The fourth-order valence-electron chi connectivity index (χ4n) is 6.26. The molecule has 7 heteroatoms. The Bertz CT molecular complexity index is 1070. The maximum atomic E-state index is 13.1. The molecule has 0 aromatic heterocycles. The van der Waals surface area contributed by atoms with E-state index in [4.69, 9.17) is 9.84 Å². The normalized spacial score (nSPS) is 24.4. The first-order valence-electron chi connectivity index (χ1n) is 12.0. The Morgan fingerprint density at radius 3 is 2.26 bits per heavy atom. The molecule has 2 aromatic carbocycles. The number of nitrogens with one attached hydrogen (secondary N) is 1. The molecular formula is C27H30N2O5. The summed E-state index contributed by atoms with van der Waals surface area (Å²) in [6, 6.07) is 16.1. The molecule has 0 spiro atoms. The fraction of sp³-hybridized carbons (Fsp3) is 0.444. The molecular weight excluding hydrogens is 432 g/mol. The number of carboxylic acid groups (broad SMARTS) is 1. The summed E-state index contributed by atoms with van der Waals surface area (Å²) >= 11 is 0. The van der Waals surface area contributed by atoms with E-state index < -0.39 is 12.1 Å². The van der Waals surface area contributed by atoms with E-state index in [1.165, 1.54) is 16.0 Å². The van der Waals surface area contributed by atoms with Crippen LogP contribution in [-0.4, -0.2) is 54.2 Å². The maximum Gasteiger partial charge on any atom is 0.407 e. The lowest BCUT2D eigenvalue weighted by Gasteiger charge is -2.33. The first kappa shape index (κ1) is 22.4. The van der Waals surface area contributed by atoms with Crippen LogP contribution < -0.4 is 5.32 Å². The van der Waals surface area contributed by atoms with Crippen molar-refractivity contribution in [2.45, 2.75) is 37.6 Å². The summed E-state index contributed by atoms with van der Waals surface area (Å²) in [4.78, 5) is 38.4. The van der Waals surface area contributed by atoms with Crippen molar-refractivity contribution in [1.29, 1.82) is 0 Å². The van der Waals surface area contributed by atoms with Gasteiger partial charge in [-0.2, -0.15) is 0 Å². The third-order valence-corrected chi connectivity index (χ3v) is 7.87.